The number of rotatable bonds is 6. The topological polar surface area (TPSA) is 119 Å². The van der Waals surface area contributed by atoms with E-state index in [4.69, 9.17) is 18.9 Å². The van der Waals surface area contributed by atoms with Crippen LogP contribution in [0, 0.1) is 0 Å². The van der Waals surface area contributed by atoms with Crippen LogP contribution in [0.4, 0.5) is 0 Å². The summed E-state index contributed by atoms with van der Waals surface area (Å²) < 4.78 is 24.0. The SMILES string of the molecule is CC(=O)O[C@@H]1[C@@H](OC(C)=O)[C@H](OC(C)=O)CO[C@H]1n1nnc([Si](C)(C)C)c1[Si](C)(C)C. The smallest absolute Gasteiger partial charge is 0.303 e. The van der Waals surface area contributed by atoms with Gasteiger partial charge in [0, 0.05) is 26.1 Å². The Bertz CT molecular complexity index is 845. The van der Waals surface area contributed by atoms with Crippen molar-refractivity contribution in [2.45, 2.75) is 84.6 Å². The fraction of sp³-hybridized carbons (Fsp3) is 0.737. The second kappa shape index (κ2) is 9.21. The minimum absolute atomic E-state index is 0.0484. The first-order valence-corrected chi connectivity index (χ1v) is 17.2. The van der Waals surface area contributed by atoms with E-state index in [-0.39, 0.29) is 6.61 Å². The van der Waals surface area contributed by atoms with Crippen LogP contribution in [0.2, 0.25) is 39.3 Å². The van der Waals surface area contributed by atoms with Crippen LogP contribution in [0.5, 0.6) is 0 Å². The average molecular weight is 472 g/mol. The predicted octanol–water partition coefficient (Wildman–Crippen LogP) is 0.692. The first-order valence-electron chi connectivity index (χ1n) is 10.2. The average Bonchev–Trinajstić information content (AvgIpc) is 3.02. The van der Waals surface area contributed by atoms with Gasteiger partial charge in [0.15, 0.2) is 24.5 Å². The fourth-order valence-corrected chi connectivity index (χ4v) is 8.65. The van der Waals surface area contributed by atoms with Gasteiger partial charge in [0.05, 0.1) is 11.9 Å². The van der Waals surface area contributed by atoms with E-state index < -0.39 is 58.6 Å². The van der Waals surface area contributed by atoms with Gasteiger partial charge in [-0.2, -0.15) is 0 Å². The van der Waals surface area contributed by atoms with Crippen molar-refractivity contribution in [3.05, 3.63) is 0 Å². The Kier molecular flexibility index (Phi) is 7.49. The number of esters is 3. The Morgan fingerprint density at radius 2 is 1.39 bits per heavy atom. The molecule has 12 heteroatoms. The van der Waals surface area contributed by atoms with Gasteiger partial charge in [-0.05, 0) is 0 Å². The van der Waals surface area contributed by atoms with Crippen molar-refractivity contribution in [1.29, 1.82) is 0 Å². The largest absolute Gasteiger partial charge is 0.456 e. The van der Waals surface area contributed by atoms with E-state index >= 15 is 0 Å². The van der Waals surface area contributed by atoms with E-state index in [9.17, 15) is 14.4 Å². The maximum atomic E-state index is 11.9. The molecule has 0 aromatic carbocycles. The molecular weight excluding hydrogens is 438 g/mol. The maximum Gasteiger partial charge on any atom is 0.303 e. The Balaban J connectivity index is 2.61. The van der Waals surface area contributed by atoms with Gasteiger partial charge in [0.1, 0.15) is 16.1 Å². The Hall–Kier alpha value is -2.06. The highest BCUT2D eigenvalue weighted by Crippen LogP contribution is 2.30. The molecule has 174 valence electrons. The quantitative estimate of drug-likeness (QED) is 0.335. The lowest BCUT2D eigenvalue weighted by Gasteiger charge is -2.41. The van der Waals surface area contributed by atoms with Crippen LogP contribution >= 0.6 is 0 Å². The zero-order chi connectivity index (χ0) is 23.7. The zero-order valence-corrected chi connectivity index (χ0v) is 21.7. The second-order valence-corrected chi connectivity index (χ2v) is 19.7. The molecule has 1 fully saturated rings. The normalized spacial score (nSPS) is 24.4. The standard InChI is InChI=1S/C19H33N3O7Si2/c1-11(23)27-14-10-26-18(16(29-13(3)25)15(14)28-12(2)24)22-19(31(7,8)9)17(20-21-22)30(4,5)6/h14-16,18H,10H2,1-9H3/t14-,15+,16-,18-/m1/s1. The third-order valence-electron chi connectivity index (χ3n) is 4.68. The summed E-state index contributed by atoms with van der Waals surface area (Å²) in [6.07, 6.45) is -3.90. The van der Waals surface area contributed by atoms with Gasteiger partial charge in [0.25, 0.3) is 0 Å². The molecule has 0 spiro atoms. The molecule has 1 aliphatic rings. The van der Waals surface area contributed by atoms with Crippen molar-refractivity contribution >= 4 is 44.7 Å². The van der Waals surface area contributed by atoms with Gasteiger partial charge in [-0.25, -0.2) is 4.68 Å². The lowest BCUT2D eigenvalue weighted by Crippen LogP contribution is -2.62. The first-order chi connectivity index (χ1) is 14.1. The summed E-state index contributed by atoms with van der Waals surface area (Å²) in [5.74, 6) is -1.73. The molecule has 31 heavy (non-hydrogen) atoms. The molecule has 4 atom stereocenters. The molecule has 2 rings (SSSR count). The molecule has 2 heterocycles. The number of ether oxygens (including phenoxy) is 4. The van der Waals surface area contributed by atoms with Crippen LogP contribution in [0.1, 0.15) is 27.0 Å². The summed E-state index contributed by atoms with van der Waals surface area (Å²) >= 11 is 0. The minimum Gasteiger partial charge on any atom is -0.456 e. The molecule has 0 amide bonds. The van der Waals surface area contributed by atoms with Gasteiger partial charge < -0.3 is 18.9 Å². The van der Waals surface area contributed by atoms with Crippen molar-refractivity contribution in [2.75, 3.05) is 6.61 Å². The van der Waals surface area contributed by atoms with Gasteiger partial charge in [-0.15, -0.1) is 5.10 Å². The third-order valence-corrected chi connectivity index (χ3v) is 8.57. The highest BCUT2D eigenvalue weighted by molar-refractivity contribution is 6.97. The van der Waals surface area contributed by atoms with Crippen LogP contribution in [0.3, 0.4) is 0 Å². The molecule has 1 saturated heterocycles. The molecule has 1 aliphatic heterocycles. The van der Waals surface area contributed by atoms with E-state index in [1.54, 1.807) is 4.68 Å². The van der Waals surface area contributed by atoms with Crippen molar-refractivity contribution in [2.24, 2.45) is 0 Å². The zero-order valence-electron chi connectivity index (χ0n) is 19.7. The fourth-order valence-electron chi connectivity index (χ4n) is 3.61. The van der Waals surface area contributed by atoms with E-state index in [2.05, 4.69) is 49.6 Å². The number of hydrogen-bond acceptors (Lipinski definition) is 9. The molecule has 0 aliphatic carbocycles. The van der Waals surface area contributed by atoms with Crippen molar-refractivity contribution in [1.82, 2.24) is 15.0 Å². The Labute approximate surface area is 184 Å². The van der Waals surface area contributed by atoms with Crippen LogP contribution < -0.4 is 10.6 Å². The first kappa shape index (κ1) is 25.2. The summed E-state index contributed by atoms with van der Waals surface area (Å²) in [5, 5.41) is 10.9. The van der Waals surface area contributed by atoms with Crippen LogP contribution in [0.25, 0.3) is 0 Å². The monoisotopic (exact) mass is 471 g/mol. The third kappa shape index (κ3) is 6.01. The van der Waals surface area contributed by atoms with Gasteiger partial charge in [0.2, 0.25) is 0 Å². The summed E-state index contributed by atoms with van der Waals surface area (Å²) in [5.41, 5.74) is 0. The highest BCUT2D eigenvalue weighted by atomic mass is 28.3. The van der Waals surface area contributed by atoms with Crippen molar-refractivity contribution < 1.29 is 33.3 Å². The van der Waals surface area contributed by atoms with Gasteiger partial charge >= 0.3 is 17.9 Å². The van der Waals surface area contributed by atoms with Crippen molar-refractivity contribution in [3.63, 3.8) is 0 Å². The van der Waals surface area contributed by atoms with E-state index in [1.165, 1.54) is 20.8 Å². The van der Waals surface area contributed by atoms with E-state index in [0.29, 0.717) is 0 Å². The summed E-state index contributed by atoms with van der Waals surface area (Å²) in [4.78, 5) is 35.3. The highest BCUT2D eigenvalue weighted by Gasteiger charge is 2.50. The number of carbonyl (C=O) groups is 3. The molecule has 1 aromatic rings. The van der Waals surface area contributed by atoms with Gasteiger partial charge in [-0.1, -0.05) is 44.5 Å². The number of carbonyl (C=O) groups excluding carboxylic acids is 3. The van der Waals surface area contributed by atoms with E-state index in [0.717, 1.165) is 10.6 Å². The van der Waals surface area contributed by atoms with Crippen molar-refractivity contribution in [3.8, 4) is 0 Å². The number of aromatic nitrogens is 3. The summed E-state index contributed by atoms with van der Waals surface area (Å²) in [6, 6.07) is 0. The molecule has 1 aromatic heterocycles. The van der Waals surface area contributed by atoms with Gasteiger partial charge in [-0.3, -0.25) is 14.4 Å². The molecular formula is C19H33N3O7Si2. The Morgan fingerprint density at radius 1 is 0.871 bits per heavy atom. The van der Waals surface area contributed by atoms with Crippen LogP contribution in [-0.4, -0.2) is 74.0 Å². The Morgan fingerprint density at radius 3 is 1.84 bits per heavy atom. The van der Waals surface area contributed by atoms with Crippen LogP contribution in [-0.2, 0) is 33.3 Å². The lowest BCUT2D eigenvalue weighted by molar-refractivity contribution is -0.241. The number of nitrogens with zero attached hydrogens (tertiary/aromatic N) is 3. The second-order valence-electron chi connectivity index (χ2n) is 9.75. The lowest BCUT2D eigenvalue weighted by atomic mass is 10.0. The molecule has 0 unspecified atom stereocenters. The minimum atomic E-state index is -1.97. The molecule has 0 N–H and O–H groups in total. The van der Waals surface area contributed by atoms with E-state index in [1.807, 2.05) is 0 Å². The number of hydrogen-bond donors (Lipinski definition) is 0. The predicted molar refractivity (Wildman–Crippen MR) is 118 cm³/mol. The molecule has 0 radical (unpaired) electrons. The summed E-state index contributed by atoms with van der Waals surface area (Å²) in [6.45, 7) is 16.8. The summed E-state index contributed by atoms with van der Waals surface area (Å²) in [7, 11) is -3.81. The maximum absolute atomic E-state index is 11.9. The molecule has 0 saturated carbocycles. The van der Waals surface area contributed by atoms with Crippen LogP contribution in [0.15, 0.2) is 0 Å². The molecule has 0 bridgehead atoms. The molecule has 10 nitrogen and oxygen atoms in total.